The predicted molar refractivity (Wildman–Crippen MR) is 351 cm³/mol. The molecule has 0 radical (unpaired) electrons. The predicted octanol–water partition coefficient (Wildman–Crippen LogP) is 23.4. The summed E-state index contributed by atoms with van der Waals surface area (Å²) in [5.74, 6) is -5.59. The van der Waals surface area contributed by atoms with Crippen molar-refractivity contribution in [2.45, 2.75) is 425 Å². The molecule has 0 spiro atoms. The lowest BCUT2D eigenvalue weighted by molar-refractivity contribution is -0.187. The van der Waals surface area contributed by atoms with Crippen LogP contribution in [0.3, 0.4) is 0 Å². The summed E-state index contributed by atoms with van der Waals surface area (Å²) in [5, 5.41) is 12.0. The third-order valence-corrected chi connectivity index (χ3v) is 17.6. The van der Waals surface area contributed by atoms with Gasteiger partial charge in [0, 0.05) is 0 Å². The first-order chi connectivity index (χ1) is 40.2. The van der Waals surface area contributed by atoms with Gasteiger partial charge in [0.15, 0.2) is 11.5 Å². The maximum Gasteiger partial charge on any atom is 0.340 e. The first-order valence-corrected chi connectivity index (χ1v) is 37.0. The first kappa shape index (κ1) is 80.0. The van der Waals surface area contributed by atoms with Gasteiger partial charge in [0.1, 0.15) is 5.78 Å². The van der Waals surface area contributed by atoms with E-state index in [0.29, 0.717) is 19.3 Å². The fourth-order valence-electron chi connectivity index (χ4n) is 12.1. The highest BCUT2D eigenvalue weighted by Crippen LogP contribution is 2.28. The zero-order valence-corrected chi connectivity index (χ0v) is 55.6. The zero-order chi connectivity index (χ0) is 59.8. The van der Waals surface area contributed by atoms with Crippen LogP contribution in [0.2, 0.25) is 0 Å². The van der Waals surface area contributed by atoms with E-state index in [-0.39, 0.29) is 19.8 Å². The number of rotatable bonds is 69. The maximum absolute atomic E-state index is 13.7. The molecular weight excluding hydrogens is 1020 g/mol. The molecule has 0 aromatic rings. The molecule has 2 atom stereocenters. The van der Waals surface area contributed by atoms with Crippen LogP contribution in [0.15, 0.2) is 0 Å². The van der Waals surface area contributed by atoms with Crippen molar-refractivity contribution in [3.63, 3.8) is 0 Å². The molecule has 2 unspecified atom stereocenters. The van der Waals surface area contributed by atoms with E-state index in [1.54, 1.807) is 0 Å². The van der Waals surface area contributed by atoms with E-state index in [1.165, 1.54) is 308 Å². The highest BCUT2D eigenvalue weighted by molar-refractivity contribution is 6.05. The first-order valence-electron chi connectivity index (χ1n) is 37.0. The number of carbonyl (C=O) groups is 4. The number of hydrogen-bond donors (Lipinski definition) is 1. The van der Waals surface area contributed by atoms with E-state index in [0.717, 1.165) is 64.7 Å². The van der Waals surface area contributed by atoms with Crippen LogP contribution in [-0.2, 0) is 33.4 Å². The van der Waals surface area contributed by atoms with E-state index in [9.17, 15) is 24.3 Å². The van der Waals surface area contributed by atoms with Crippen LogP contribution in [0.5, 0.6) is 0 Å². The van der Waals surface area contributed by atoms with Crippen molar-refractivity contribution in [3.05, 3.63) is 0 Å². The average Bonchev–Trinajstić information content (AvgIpc) is 3.60. The van der Waals surface area contributed by atoms with Gasteiger partial charge >= 0.3 is 17.9 Å². The summed E-state index contributed by atoms with van der Waals surface area (Å²) in [7, 11) is 0. The minimum Gasteiger partial charge on any atom is -0.466 e. The standard InChI is InChI=1S/C74H142O8/c1-5-8-11-14-17-20-23-26-29-32-35-38-41-44-47-50-53-56-59-62-65-80-70(76)68-74(79,73(78)82-67-64-61-58-55-52-49-46-43-40-37-34-31-28-25-22-19-16-13-10-7-3)71(69(4)75)72(77)81-66-63-60-57-54-51-48-45-42-39-36-33-30-27-24-21-18-15-12-9-6-2/h71,79H,5-68H2,1-4H3. The van der Waals surface area contributed by atoms with Crippen LogP contribution in [0.25, 0.3) is 0 Å². The third-order valence-electron chi connectivity index (χ3n) is 17.6. The topological polar surface area (TPSA) is 116 Å². The van der Waals surface area contributed by atoms with Crippen molar-refractivity contribution in [2.75, 3.05) is 19.8 Å². The molecule has 0 amide bonds. The van der Waals surface area contributed by atoms with Crippen molar-refractivity contribution in [1.29, 1.82) is 0 Å². The summed E-state index contributed by atoms with van der Waals surface area (Å²) in [6, 6.07) is 0. The van der Waals surface area contributed by atoms with Gasteiger partial charge in [-0.3, -0.25) is 14.4 Å². The normalized spacial score (nSPS) is 12.6. The second-order valence-corrected chi connectivity index (χ2v) is 25.8. The molecule has 0 fully saturated rings. The van der Waals surface area contributed by atoms with E-state index in [4.69, 9.17) is 14.2 Å². The van der Waals surface area contributed by atoms with Crippen molar-refractivity contribution in [3.8, 4) is 0 Å². The van der Waals surface area contributed by atoms with Gasteiger partial charge in [-0.1, -0.05) is 387 Å². The molecule has 0 heterocycles. The van der Waals surface area contributed by atoms with Crippen LogP contribution < -0.4 is 0 Å². The Kier molecular flexibility index (Phi) is 63.5. The second-order valence-electron chi connectivity index (χ2n) is 25.8. The molecule has 0 aliphatic carbocycles. The second kappa shape index (κ2) is 65.0. The molecule has 0 aliphatic heterocycles. The smallest absolute Gasteiger partial charge is 0.340 e. The van der Waals surface area contributed by atoms with E-state index >= 15 is 0 Å². The lowest BCUT2D eigenvalue weighted by Gasteiger charge is -2.30. The van der Waals surface area contributed by atoms with Crippen molar-refractivity contribution < 1.29 is 38.5 Å². The van der Waals surface area contributed by atoms with Gasteiger partial charge in [0.2, 0.25) is 0 Å². The molecule has 82 heavy (non-hydrogen) atoms. The van der Waals surface area contributed by atoms with E-state index < -0.39 is 41.6 Å². The van der Waals surface area contributed by atoms with Crippen LogP contribution in [-0.4, -0.2) is 54.2 Å². The Bertz CT molecular complexity index is 1350. The van der Waals surface area contributed by atoms with Gasteiger partial charge < -0.3 is 19.3 Å². The van der Waals surface area contributed by atoms with Gasteiger partial charge in [0.25, 0.3) is 0 Å². The summed E-state index contributed by atoms with van der Waals surface area (Å²) in [5.41, 5.74) is -2.71. The number of unbranched alkanes of at least 4 members (excludes halogenated alkanes) is 57. The average molecular weight is 1160 g/mol. The Labute approximate surface area is 510 Å². The maximum atomic E-state index is 13.7. The molecule has 486 valence electrons. The minimum absolute atomic E-state index is 0.0353. The highest BCUT2D eigenvalue weighted by atomic mass is 16.6. The van der Waals surface area contributed by atoms with Crippen molar-refractivity contribution in [2.24, 2.45) is 5.92 Å². The van der Waals surface area contributed by atoms with Crippen LogP contribution >= 0.6 is 0 Å². The molecule has 0 rings (SSSR count). The number of ether oxygens (including phenoxy) is 3. The minimum atomic E-state index is -2.71. The zero-order valence-electron chi connectivity index (χ0n) is 55.6. The van der Waals surface area contributed by atoms with Gasteiger partial charge in [0.05, 0.1) is 26.2 Å². The Hall–Kier alpha value is -1.96. The molecule has 8 heteroatoms. The van der Waals surface area contributed by atoms with E-state index in [2.05, 4.69) is 20.8 Å². The summed E-state index contributed by atoms with van der Waals surface area (Å²) in [6.07, 6.45) is 75.4. The monoisotopic (exact) mass is 1160 g/mol. The lowest BCUT2D eigenvalue weighted by atomic mass is 9.81. The Morgan fingerprint density at radius 3 is 0.671 bits per heavy atom. The molecule has 0 saturated carbocycles. The van der Waals surface area contributed by atoms with Gasteiger partial charge in [-0.2, -0.15) is 0 Å². The molecule has 0 saturated heterocycles. The fourth-order valence-corrected chi connectivity index (χ4v) is 12.1. The number of carbonyl (C=O) groups excluding carboxylic acids is 4. The van der Waals surface area contributed by atoms with Gasteiger partial charge in [-0.25, -0.2) is 4.79 Å². The van der Waals surface area contributed by atoms with Crippen molar-refractivity contribution >= 4 is 23.7 Å². The third kappa shape index (κ3) is 54.7. The lowest BCUT2D eigenvalue weighted by Crippen LogP contribution is -2.55. The Balaban J connectivity index is 4.67. The van der Waals surface area contributed by atoms with Crippen LogP contribution in [0, 0.1) is 5.92 Å². The SMILES string of the molecule is CCCCCCCCCCCCCCCCCCCCCCOC(=O)CC(O)(C(=O)OCCCCCCCCCCCCCCCCCCCCCC)C(C(C)=O)C(=O)OCCCCCCCCCCCCCCCCCCCCCC. The number of Topliss-reactive ketones (excluding diaryl/α,β-unsaturated/α-hetero) is 1. The Morgan fingerprint density at radius 2 is 0.463 bits per heavy atom. The molecule has 8 nitrogen and oxygen atoms in total. The number of aliphatic hydroxyl groups is 1. The molecule has 0 aromatic carbocycles. The molecule has 1 N–H and O–H groups in total. The summed E-state index contributed by atoms with van der Waals surface area (Å²) >= 11 is 0. The van der Waals surface area contributed by atoms with Crippen molar-refractivity contribution in [1.82, 2.24) is 0 Å². The molecular formula is C74H142O8. The molecule has 0 bridgehead atoms. The molecule has 0 aliphatic rings. The fraction of sp³-hybridized carbons (Fsp3) is 0.946. The van der Waals surface area contributed by atoms with E-state index in [1.807, 2.05) is 0 Å². The summed E-state index contributed by atoms with van der Waals surface area (Å²) in [4.78, 5) is 53.7. The van der Waals surface area contributed by atoms with Crippen LogP contribution in [0.4, 0.5) is 0 Å². The molecule has 0 aromatic heterocycles. The Morgan fingerprint density at radius 1 is 0.280 bits per heavy atom. The number of ketones is 1. The number of esters is 3. The van der Waals surface area contributed by atoms with Gasteiger partial charge in [-0.05, 0) is 26.2 Å². The summed E-state index contributed by atoms with van der Waals surface area (Å²) in [6.45, 7) is 8.26. The highest BCUT2D eigenvalue weighted by Gasteiger charge is 2.54. The number of hydrogen-bond acceptors (Lipinski definition) is 8. The van der Waals surface area contributed by atoms with Crippen LogP contribution in [0.1, 0.15) is 419 Å². The summed E-state index contributed by atoms with van der Waals surface area (Å²) < 4.78 is 16.7. The van der Waals surface area contributed by atoms with Gasteiger partial charge in [-0.15, -0.1) is 0 Å². The largest absolute Gasteiger partial charge is 0.466 e. The quantitative estimate of drug-likeness (QED) is 0.0277.